The van der Waals surface area contributed by atoms with Crippen molar-refractivity contribution in [1.29, 1.82) is 5.26 Å². The Bertz CT molecular complexity index is 1220. The van der Waals surface area contributed by atoms with Crippen molar-refractivity contribution in [3.05, 3.63) is 41.1 Å². The van der Waals surface area contributed by atoms with Crippen LogP contribution in [0.3, 0.4) is 0 Å². The maximum absolute atomic E-state index is 9.36. The summed E-state index contributed by atoms with van der Waals surface area (Å²) in [4.78, 5) is 12.5. The summed E-state index contributed by atoms with van der Waals surface area (Å²) in [6, 6.07) is 7.84. The topological polar surface area (TPSA) is 103 Å². The van der Waals surface area contributed by atoms with E-state index >= 15 is 0 Å². The number of piperidine rings is 1. The van der Waals surface area contributed by atoms with Gasteiger partial charge in [-0.3, -0.25) is 0 Å². The number of anilines is 2. The molecule has 9 heteroatoms. The highest BCUT2D eigenvalue weighted by Crippen LogP contribution is 2.27. The number of fused-ring (bicyclic) bond motifs is 5. The molecule has 0 unspecified atom stereocenters. The first-order valence-corrected chi connectivity index (χ1v) is 13.2. The van der Waals surface area contributed by atoms with Crippen LogP contribution in [0.2, 0.25) is 0 Å². The lowest BCUT2D eigenvalue weighted by Gasteiger charge is -2.30. The average molecular weight is 489 g/mol. The number of nitrogens with one attached hydrogen (secondary N) is 2. The van der Waals surface area contributed by atoms with Gasteiger partial charge in [0.1, 0.15) is 5.75 Å². The summed E-state index contributed by atoms with van der Waals surface area (Å²) in [5.74, 6) is 3.14. The Kier molecular flexibility index (Phi) is 7.52. The minimum Gasteiger partial charge on any atom is -0.493 e. The second-order valence-corrected chi connectivity index (χ2v) is 10.2. The van der Waals surface area contributed by atoms with E-state index in [0.717, 1.165) is 73.9 Å². The minimum absolute atomic E-state index is 0.306. The van der Waals surface area contributed by atoms with E-state index in [4.69, 9.17) is 14.7 Å². The standard InChI is InChI=1S/C27H36N8O/c1-19(2)23-17-31-35-25(23)32-27-33-26(35)30-16-22-7-6-21(15-28)14-24(22)36-13-5-3-4-12-34(27)18-20-8-10-29-11-9-20/h6-7,14,17,19-20,29H,3-5,8-13,16,18H2,1-2H3,(H,30,32,33). The summed E-state index contributed by atoms with van der Waals surface area (Å²) in [6.45, 7) is 9.54. The Morgan fingerprint density at radius 2 is 2.03 bits per heavy atom. The SMILES string of the molecule is CC(C)c1cnn2c3nc(nc12)N(CC1CCNCC1)CCCCCOc1cc(C#N)ccc1CN3. The van der Waals surface area contributed by atoms with E-state index in [1.807, 2.05) is 28.9 Å². The van der Waals surface area contributed by atoms with Gasteiger partial charge < -0.3 is 20.3 Å². The maximum atomic E-state index is 9.36. The predicted octanol–water partition coefficient (Wildman–Crippen LogP) is 4.10. The molecular weight excluding hydrogens is 452 g/mol. The zero-order valence-electron chi connectivity index (χ0n) is 21.3. The van der Waals surface area contributed by atoms with E-state index in [1.54, 1.807) is 0 Å². The van der Waals surface area contributed by atoms with Crippen LogP contribution in [0, 0.1) is 17.2 Å². The van der Waals surface area contributed by atoms with Crippen LogP contribution in [-0.2, 0) is 6.54 Å². The summed E-state index contributed by atoms with van der Waals surface area (Å²) >= 11 is 0. The van der Waals surface area contributed by atoms with Gasteiger partial charge >= 0.3 is 0 Å². The van der Waals surface area contributed by atoms with E-state index in [9.17, 15) is 5.26 Å². The molecule has 1 fully saturated rings. The molecule has 0 amide bonds. The van der Waals surface area contributed by atoms with E-state index in [-0.39, 0.29) is 0 Å². The summed E-state index contributed by atoms with van der Waals surface area (Å²) in [5, 5.41) is 21.0. The van der Waals surface area contributed by atoms with E-state index < -0.39 is 0 Å². The van der Waals surface area contributed by atoms with Crippen molar-refractivity contribution in [2.45, 2.75) is 58.4 Å². The number of ether oxygens (including phenoxy) is 1. The first-order chi connectivity index (χ1) is 17.6. The van der Waals surface area contributed by atoms with Crippen LogP contribution >= 0.6 is 0 Å². The van der Waals surface area contributed by atoms with Gasteiger partial charge in [-0.15, -0.1) is 0 Å². The Morgan fingerprint density at radius 3 is 2.83 bits per heavy atom. The van der Waals surface area contributed by atoms with Gasteiger partial charge in [-0.05, 0) is 69.2 Å². The molecule has 2 bridgehead atoms. The van der Waals surface area contributed by atoms with Crippen molar-refractivity contribution in [2.24, 2.45) is 5.92 Å². The maximum Gasteiger partial charge on any atom is 0.230 e. The Labute approximate surface area is 212 Å². The van der Waals surface area contributed by atoms with Crippen LogP contribution in [0.15, 0.2) is 24.4 Å². The molecule has 190 valence electrons. The Hall–Kier alpha value is -3.38. The molecule has 5 rings (SSSR count). The number of nitriles is 1. The molecule has 36 heavy (non-hydrogen) atoms. The number of benzene rings is 1. The first-order valence-electron chi connectivity index (χ1n) is 13.2. The molecule has 3 aromatic rings. The lowest BCUT2D eigenvalue weighted by molar-refractivity contribution is 0.302. The average Bonchev–Trinajstić information content (AvgIpc) is 3.33. The lowest BCUT2D eigenvalue weighted by atomic mass is 9.97. The molecule has 2 aromatic heterocycles. The molecule has 1 saturated heterocycles. The number of aromatic nitrogens is 4. The van der Waals surface area contributed by atoms with Crippen molar-refractivity contribution in [3.63, 3.8) is 0 Å². The van der Waals surface area contributed by atoms with Crippen molar-refractivity contribution in [2.75, 3.05) is 43.0 Å². The van der Waals surface area contributed by atoms with Crippen LogP contribution in [0.1, 0.15) is 68.6 Å². The number of hydrogen-bond donors (Lipinski definition) is 2. The van der Waals surface area contributed by atoms with Gasteiger partial charge in [-0.1, -0.05) is 19.9 Å². The lowest BCUT2D eigenvalue weighted by Crippen LogP contribution is -2.37. The van der Waals surface area contributed by atoms with Gasteiger partial charge in [0.05, 0.1) is 24.4 Å². The van der Waals surface area contributed by atoms with Gasteiger partial charge in [-0.25, -0.2) is 0 Å². The quantitative estimate of drug-likeness (QED) is 0.568. The molecule has 2 aliphatic rings. The third kappa shape index (κ3) is 5.39. The van der Waals surface area contributed by atoms with Gasteiger partial charge in [0, 0.05) is 30.8 Å². The second-order valence-electron chi connectivity index (χ2n) is 10.2. The van der Waals surface area contributed by atoms with Crippen LogP contribution in [0.4, 0.5) is 11.9 Å². The number of hydrogen-bond acceptors (Lipinski definition) is 8. The molecule has 0 atom stereocenters. The fourth-order valence-electron chi connectivity index (χ4n) is 5.04. The molecule has 2 aliphatic heterocycles. The van der Waals surface area contributed by atoms with Gasteiger partial charge in [0.2, 0.25) is 11.9 Å². The molecule has 0 radical (unpaired) electrons. The van der Waals surface area contributed by atoms with Crippen molar-refractivity contribution < 1.29 is 4.74 Å². The van der Waals surface area contributed by atoms with Gasteiger partial charge in [0.15, 0.2) is 5.65 Å². The monoisotopic (exact) mass is 488 g/mol. The fraction of sp³-hybridized carbons (Fsp3) is 0.556. The summed E-state index contributed by atoms with van der Waals surface area (Å²) in [7, 11) is 0. The largest absolute Gasteiger partial charge is 0.493 e. The highest BCUT2D eigenvalue weighted by atomic mass is 16.5. The second kappa shape index (κ2) is 11.1. The smallest absolute Gasteiger partial charge is 0.230 e. The van der Waals surface area contributed by atoms with Crippen molar-refractivity contribution in [1.82, 2.24) is 24.9 Å². The van der Waals surface area contributed by atoms with E-state index in [1.165, 1.54) is 12.8 Å². The van der Waals surface area contributed by atoms with Crippen molar-refractivity contribution >= 4 is 17.5 Å². The van der Waals surface area contributed by atoms with E-state index in [2.05, 4.69) is 40.5 Å². The van der Waals surface area contributed by atoms with Crippen LogP contribution in [0.5, 0.6) is 5.75 Å². The fourth-order valence-corrected chi connectivity index (χ4v) is 5.04. The summed E-state index contributed by atoms with van der Waals surface area (Å²) < 4.78 is 7.95. The highest BCUT2D eigenvalue weighted by molar-refractivity contribution is 5.56. The molecule has 0 spiro atoms. The first kappa shape index (κ1) is 24.3. The molecule has 4 heterocycles. The third-order valence-corrected chi connectivity index (χ3v) is 7.19. The van der Waals surface area contributed by atoms with Crippen LogP contribution < -0.4 is 20.3 Å². The predicted molar refractivity (Wildman–Crippen MR) is 141 cm³/mol. The normalized spacial score (nSPS) is 17.7. The highest BCUT2D eigenvalue weighted by Gasteiger charge is 2.22. The molecular formula is C27H36N8O. The van der Waals surface area contributed by atoms with Crippen LogP contribution in [0.25, 0.3) is 5.65 Å². The van der Waals surface area contributed by atoms with Gasteiger partial charge in [-0.2, -0.15) is 24.8 Å². The van der Waals surface area contributed by atoms with Gasteiger partial charge in [0.25, 0.3) is 0 Å². The summed E-state index contributed by atoms with van der Waals surface area (Å²) in [5.41, 5.74) is 3.56. The Morgan fingerprint density at radius 1 is 1.17 bits per heavy atom. The zero-order valence-corrected chi connectivity index (χ0v) is 21.3. The van der Waals surface area contributed by atoms with Crippen molar-refractivity contribution in [3.8, 4) is 11.8 Å². The molecule has 0 saturated carbocycles. The number of nitrogens with zero attached hydrogens (tertiary/aromatic N) is 6. The minimum atomic E-state index is 0.306. The molecule has 1 aromatic carbocycles. The van der Waals surface area contributed by atoms with Crippen LogP contribution in [-0.4, -0.2) is 52.4 Å². The summed E-state index contributed by atoms with van der Waals surface area (Å²) in [6.07, 6.45) is 7.35. The van der Waals surface area contributed by atoms with E-state index in [0.29, 0.717) is 36.5 Å². The molecule has 2 N–H and O–H groups in total. The third-order valence-electron chi connectivity index (χ3n) is 7.19. The zero-order chi connectivity index (χ0) is 24.9. The molecule has 9 nitrogen and oxygen atoms in total. The Balaban J connectivity index is 1.54. The molecule has 0 aliphatic carbocycles. The number of rotatable bonds is 3.